The van der Waals surface area contributed by atoms with Gasteiger partial charge in [-0.2, -0.15) is 0 Å². The Kier molecular flexibility index (Phi) is 3.37. The number of hydrogen-bond acceptors (Lipinski definition) is 3. The number of piperidine rings is 1. The third kappa shape index (κ3) is 2.61. The number of hydrogen-bond donors (Lipinski definition) is 2. The first-order valence-corrected chi connectivity index (χ1v) is 7.06. The summed E-state index contributed by atoms with van der Waals surface area (Å²) in [5.74, 6) is -0.795. The molecule has 2 aliphatic rings. The minimum atomic E-state index is -0.353. The molecular formula is C15H17N3O3. The highest BCUT2D eigenvalue weighted by Crippen LogP contribution is 2.25. The number of anilines is 1. The predicted molar refractivity (Wildman–Crippen MR) is 76.6 cm³/mol. The van der Waals surface area contributed by atoms with Gasteiger partial charge in [0.1, 0.15) is 0 Å². The maximum Gasteiger partial charge on any atom is 0.253 e. The van der Waals surface area contributed by atoms with Crippen LogP contribution in [0.5, 0.6) is 0 Å². The van der Waals surface area contributed by atoms with Gasteiger partial charge in [-0.15, -0.1) is 0 Å². The first-order valence-electron chi connectivity index (χ1n) is 7.06. The van der Waals surface area contributed by atoms with Gasteiger partial charge in [-0.25, -0.2) is 0 Å². The van der Waals surface area contributed by atoms with E-state index >= 15 is 0 Å². The highest BCUT2D eigenvalue weighted by atomic mass is 16.2. The molecule has 1 atom stereocenters. The average molecular weight is 287 g/mol. The molecule has 0 radical (unpaired) electrons. The molecule has 21 heavy (non-hydrogen) atoms. The zero-order valence-corrected chi connectivity index (χ0v) is 11.6. The Balaban J connectivity index is 1.78. The average Bonchev–Trinajstić information content (AvgIpc) is 2.85. The molecule has 110 valence electrons. The van der Waals surface area contributed by atoms with Crippen LogP contribution >= 0.6 is 0 Å². The third-order valence-electron chi connectivity index (χ3n) is 4.09. The molecule has 2 aliphatic heterocycles. The Morgan fingerprint density at radius 3 is 2.90 bits per heavy atom. The maximum atomic E-state index is 12.5. The van der Waals surface area contributed by atoms with E-state index in [1.54, 1.807) is 23.1 Å². The molecule has 1 unspecified atom stereocenters. The Bertz CT molecular complexity index is 627. The van der Waals surface area contributed by atoms with Crippen LogP contribution in [0, 0.1) is 5.92 Å². The molecule has 0 bridgehead atoms. The highest BCUT2D eigenvalue weighted by Gasteiger charge is 2.28. The maximum absolute atomic E-state index is 12.5. The second-order valence-electron chi connectivity index (χ2n) is 5.59. The van der Waals surface area contributed by atoms with Crippen LogP contribution in [-0.4, -0.2) is 35.7 Å². The molecule has 0 aromatic heterocycles. The van der Waals surface area contributed by atoms with Gasteiger partial charge < -0.3 is 16.0 Å². The number of benzene rings is 1. The van der Waals surface area contributed by atoms with Crippen LogP contribution in [0.25, 0.3) is 0 Å². The number of carbonyl (C=O) groups is 3. The van der Waals surface area contributed by atoms with Crippen molar-refractivity contribution in [3.05, 3.63) is 29.3 Å². The molecule has 1 aromatic rings. The van der Waals surface area contributed by atoms with E-state index in [2.05, 4.69) is 5.32 Å². The van der Waals surface area contributed by atoms with Crippen molar-refractivity contribution in [2.75, 3.05) is 18.4 Å². The van der Waals surface area contributed by atoms with E-state index in [0.29, 0.717) is 30.8 Å². The number of rotatable bonds is 2. The van der Waals surface area contributed by atoms with E-state index in [1.807, 2.05) is 0 Å². The first kappa shape index (κ1) is 13.6. The lowest BCUT2D eigenvalue weighted by Crippen LogP contribution is -2.44. The summed E-state index contributed by atoms with van der Waals surface area (Å²) in [7, 11) is 0. The summed E-state index contributed by atoms with van der Waals surface area (Å²) in [6.45, 7) is 1.00. The van der Waals surface area contributed by atoms with E-state index in [4.69, 9.17) is 5.73 Å². The number of likely N-dealkylation sites (tertiary alicyclic amines) is 1. The third-order valence-corrected chi connectivity index (χ3v) is 4.09. The monoisotopic (exact) mass is 287 g/mol. The largest absolute Gasteiger partial charge is 0.369 e. The number of carbonyl (C=O) groups excluding carboxylic acids is 3. The number of primary amides is 1. The molecule has 3 N–H and O–H groups in total. The lowest BCUT2D eigenvalue weighted by Gasteiger charge is -2.31. The van der Waals surface area contributed by atoms with Crippen LogP contribution < -0.4 is 11.1 Å². The van der Waals surface area contributed by atoms with Gasteiger partial charge in [0.2, 0.25) is 11.8 Å². The second kappa shape index (κ2) is 5.20. The summed E-state index contributed by atoms with van der Waals surface area (Å²) in [5, 5.41) is 2.74. The van der Waals surface area contributed by atoms with Crippen molar-refractivity contribution in [1.82, 2.24) is 4.90 Å². The van der Waals surface area contributed by atoms with E-state index < -0.39 is 0 Å². The molecule has 1 fully saturated rings. The van der Waals surface area contributed by atoms with Gasteiger partial charge >= 0.3 is 0 Å². The molecule has 6 heteroatoms. The summed E-state index contributed by atoms with van der Waals surface area (Å²) >= 11 is 0. The van der Waals surface area contributed by atoms with Crippen molar-refractivity contribution in [3.63, 3.8) is 0 Å². The fraction of sp³-hybridized carbons (Fsp3) is 0.400. The zero-order chi connectivity index (χ0) is 15.0. The number of fused-ring (bicyclic) bond motifs is 1. The topological polar surface area (TPSA) is 92.5 Å². The number of nitrogens with zero attached hydrogens (tertiary/aromatic N) is 1. The molecule has 0 spiro atoms. The SMILES string of the molecule is NC(=O)C1CCCN(C(=O)c2ccc3c(c2)NC(=O)C3)C1. The fourth-order valence-corrected chi connectivity index (χ4v) is 2.92. The Labute approximate surface area is 122 Å². The molecule has 3 amide bonds. The number of nitrogens with one attached hydrogen (secondary N) is 1. The lowest BCUT2D eigenvalue weighted by molar-refractivity contribution is -0.123. The lowest BCUT2D eigenvalue weighted by atomic mass is 9.96. The highest BCUT2D eigenvalue weighted by molar-refractivity contribution is 6.02. The molecule has 2 heterocycles. The van der Waals surface area contributed by atoms with Gasteiger partial charge in [0.05, 0.1) is 12.3 Å². The Hall–Kier alpha value is -2.37. The number of nitrogens with two attached hydrogens (primary N) is 1. The van der Waals surface area contributed by atoms with Gasteiger partial charge in [0, 0.05) is 24.3 Å². The summed E-state index contributed by atoms with van der Waals surface area (Å²) in [6.07, 6.45) is 1.87. The Morgan fingerprint density at radius 1 is 1.33 bits per heavy atom. The summed E-state index contributed by atoms with van der Waals surface area (Å²) < 4.78 is 0. The van der Waals surface area contributed by atoms with Gasteiger partial charge in [-0.3, -0.25) is 14.4 Å². The number of amides is 3. The zero-order valence-electron chi connectivity index (χ0n) is 11.6. The van der Waals surface area contributed by atoms with Crippen LogP contribution in [0.15, 0.2) is 18.2 Å². The minimum absolute atomic E-state index is 0.0543. The molecule has 1 aromatic carbocycles. The molecule has 6 nitrogen and oxygen atoms in total. The fourth-order valence-electron chi connectivity index (χ4n) is 2.92. The van der Waals surface area contributed by atoms with Crippen molar-refractivity contribution in [2.45, 2.75) is 19.3 Å². The molecule has 0 saturated carbocycles. The van der Waals surface area contributed by atoms with Crippen molar-refractivity contribution in [1.29, 1.82) is 0 Å². The van der Waals surface area contributed by atoms with Crippen molar-refractivity contribution >= 4 is 23.4 Å². The van der Waals surface area contributed by atoms with E-state index in [9.17, 15) is 14.4 Å². The van der Waals surface area contributed by atoms with Crippen molar-refractivity contribution < 1.29 is 14.4 Å². The van der Waals surface area contributed by atoms with E-state index in [-0.39, 0.29) is 23.6 Å². The van der Waals surface area contributed by atoms with Crippen LogP contribution in [0.4, 0.5) is 5.69 Å². The minimum Gasteiger partial charge on any atom is -0.369 e. The Morgan fingerprint density at radius 2 is 2.14 bits per heavy atom. The van der Waals surface area contributed by atoms with Crippen LogP contribution in [0.1, 0.15) is 28.8 Å². The predicted octanol–water partition coefficient (Wildman–Crippen LogP) is 0.519. The molecular weight excluding hydrogens is 270 g/mol. The van der Waals surface area contributed by atoms with Crippen molar-refractivity contribution in [3.8, 4) is 0 Å². The van der Waals surface area contributed by atoms with E-state index in [0.717, 1.165) is 18.4 Å². The molecule has 0 aliphatic carbocycles. The standard InChI is InChI=1S/C15H17N3O3/c16-14(20)11-2-1-5-18(8-11)15(21)10-4-3-9-7-13(19)17-12(9)6-10/h3-4,6,11H,1-2,5,7-8H2,(H2,16,20)(H,17,19). The first-order chi connectivity index (χ1) is 10.0. The smallest absolute Gasteiger partial charge is 0.253 e. The summed E-state index contributed by atoms with van der Waals surface area (Å²) in [5.41, 5.74) is 7.47. The van der Waals surface area contributed by atoms with Crippen molar-refractivity contribution in [2.24, 2.45) is 11.7 Å². The molecule has 1 saturated heterocycles. The van der Waals surface area contributed by atoms with Gasteiger partial charge in [-0.1, -0.05) is 6.07 Å². The summed E-state index contributed by atoms with van der Waals surface area (Å²) in [6, 6.07) is 5.24. The van der Waals surface area contributed by atoms with Crippen LogP contribution in [0.3, 0.4) is 0 Å². The normalized spacial score (nSPS) is 20.9. The quantitative estimate of drug-likeness (QED) is 0.830. The van der Waals surface area contributed by atoms with Gasteiger partial charge in [0.25, 0.3) is 5.91 Å². The molecule has 3 rings (SSSR count). The van der Waals surface area contributed by atoms with Crippen LogP contribution in [0.2, 0.25) is 0 Å². The van der Waals surface area contributed by atoms with E-state index in [1.165, 1.54) is 0 Å². The summed E-state index contributed by atoms with van der Waals surface area (Å²) in [4.78, 5) is 36.8. The second-order valence-corrected chi connectivity index (χ2v) is 5.59. The van der Waals surface area contributed by atoms with Crippen LogP contribution in [-0.2, 0) is 16.0 Å². The van der Waals surface area contributed by atoms with Gasteiger partial charge in [0.15, 0.2) is 0 Å². The van der Waals surface area contributed by atoms with Gasteiger partial charge in [-0.05, 0) is 30.5 Å².